The maximum Gasteiger partial charge on any atom is 0.343 e. The summed E-state index contributed by atoms with van der Waals surface area (Å²) in [6, 6.07) is 9.34. The highest BCUT2D eigenvalue weighted by Gasteiger charge is 2.19. The van der Waals surface area contributed by atoms with E-state index < -0.39 is 5.97 Å². The molecule has 0 aliphatic carbocycles. The second kappa shape index (κ2) is 5.67. The summed E-state index contributed by atoms with van der Waals surface area (Å²) in [5.74, 6) is -0.178. The fraction of sp³-hybridized carbons (Fsp3) is 0.154. The van der Waals surface area contributed by atoms with Crippen molar-refractivity contribution < 1.29 is 9.53 Å². The molecular formula is C13H12ClN3O2. The summed E-state index contributed by atoms with van der Waals surface area (Å²) in [6.45, 7) is 1.68. The van der Waals surface area contributed by atoms with E-state index in [0.717, 1.165) is 5.69 Å². The summed E-state index contributed by atoms with van der Waals surface area (Å²) in [5.41, 5.74) is 1.53. The van der Waals surface area contributed by atoms with E-state index in [2.05, 4.69) is 15.3 Å². The summed E-state index contributed by atoms with van der Waals surface area (Å²) < 4.78 is 4.73. The molecule has 0 amide bonds. The first-order valence-corrected chi connectivity index (χ1v) is 5.94. The molecule has 0 unspecified atom stereocenters. The topological polar surface area (TPSA) is 64.1 Å². The van der Waals surface area contributed by atoms with Crippen LogP contribution in [0.1, 0.15) is 16.1 Å². The SMILES string of the molecule is COC(=O)c1c(C)nc(Cl)nc1Nc1ccccc1. The Morgan fingerprint density at radius 3 is 2.58 bits per heavy atom. The largest absolute Gasteiger partial charge is 0.465 e. The van der Waals surface area contributed by atoms with Gasteiger partial charge >= 0.3 is 5.97 Å². The number of nitrogens with zero attached hydrogens (tertiary/aromatic N) is 2. The van der Waals surface area contributed by atoms with Crippen molar-refractivity contribution in [3.63, 3.8) is 0 Å². The second-order valence-electron chi connectivity index (χ2n) is 3.78. The molecule has 0 saturated heterocycles. The number of benzene rings is 1. The second-order valence-corrected chi connectivity index (χ2v) is 4.12. The fourth-order valence-corrected chi connectivity index (χ4v) is 1.85. The van der Waals surface area contributed by atoms with E-state index in [1.165, 1.54) is 7.11 Å². The molecule has 0 bridgehead atoms. The van der Waals surface area contributed by atoms with Gasteiger partial charge < -0.3 is 10.1 Å². The monoisotopic (exact) mass is 277 g/mol. The Hall–Kier alpha value is -2.14. The van der Waals surface area contributed by atoms with Gasteiger partial charge in [-0.25, -0.2) is 9.78 Å². The van der Waals surface area contributed by atoms with Crippen molar-refractivity contribution >= 4 is 29.1 Å². The van der Waals surface area contributed by atoms with E-state index in [0.29, 0.717) is 11.5 Å². The number of esters is 1. The van der Waals surface area contributed by atoms with Gasteiger partial charge in [0.2, 0.25) is 5.28 Å². The molecule has 1 aromatic heterocycles. The van der Waals surface area contributed by atoms with E-state index in [1.54, 1.807) is 6.92 Å². The lowest BCUT2D eigenvalue weighted by Gasteiger charge is -2.11. The molecule has 0 atom stereocenters. The van der Waals surface area contributed by atoms with Crippen LogP contribution in [0.3, 0.4) is 0 Å². The number of para-hydroxylation sites is 1. The van der Waals surface area contributed by atoms with Gasteiger partial charge in [0.1, 0.15) is 11.4 Å². The van der Waals surface area contributed by atoms with Gasteiger partial charge in [0.25, 0.3) is 0 Å². The number of anilines is 2. The van der Waals surface area contributed by atoms with Gasteiger partial charge in [0, 0.05) is 5.69 Å². The fourth-order valence-electron chi connectivity index (χ4n) is 1.63. The van der Waals surface area contributed by atoms with Crippen LogP contribution in [0.15, 0.2) is 30.3 Å². The Morgan fingerprint density at radius 1 is 1.26 bits per heavy atom. The van der Waals surface area contributed by atoms with Crippen molar-refractivity contribution in [2.75, 3.05) is 12.4 Å². The van der Waals surface area contributed by atoms with Crippen LogP contribution >= 0.6 is 11.6 Å². The minimum atomic E-state index is -0.507. The molecule has 0 saturated carbocycles. The van der Waals surface area contributed by atoms with Gasteiger partial charge in [-0.15, -0.1) is 0 Å². The zero-order valence-corrected chi connectivity index (χ0v) is 11.2. The molecule has 5 nitrogen and oxygen atoms in total. The number of carbonyl (C=O) groups is 1. The van der Waals surface area contributed by atoms with Gasteiger partial charge in [0.15, 0.2) is 0 Å². The molecule has 98 valence electrons. The Balaban J connectivity index is 2.46. The van der Waals surface area contributed by atoms with Crippen LogP contribution in [0.25, 0.3) is 0 Å². The zero-order chi connectivity index (χ0) is 13.8. The molecule has 19 heavy (non-hydrogen) atoms. The van der Waals surface area contributed by atoms with Crippen molar-refractivity contribution in [2.45, 2.75) is 6.92 Å². The highest BCUT2D eigenvalue weighted by Crippen LogP contribution is 2.23. The average molecular weight is 278 g/mol. The summed E-state index contributed by atoms with van der Waals surface area (Å²) in [4.78, 5) is 19.8. The number of rotatable bonds is 3. The molecule has 2 aromatic rings. The smallest absolute Gasteiger partial charge is 0.343 e. The summed E-state index contributed by atoms with van der Waals surface area (Å²) >= 11 is 5.82. The Labute approximate surface area is 115 Å². The minimum absolute atomic E-state index is 0.0728. The van der Waals surface area contributed by atoms with Gasteiger partial charge in [-0.05, 0) is 30.7 Å². The molecule has 0 aliphatic heterocycles. The van der Waals surface area contributed by atoms with Crippen molar-refractivity contribution in [3.05, 3.63) is 46.9 Å². The van der Waals surface area contributed by atoms with Crippen LogP contribution in [0.2, 0.25) is 5.28 Å². The molecular weight excluding hydrogens is 266 g/mol. The lowest BCUT2D eigenvalue weighted by Crippen LogP contribution is -2.11. The summed E-state index contributed by atoms with van der Waals surface area (Å²) in [7, 11) is 1.31. The van der Waals surface area contributed by atoms with E-state index in [4.69, 9.17) is 16.3 Å². The Morgan fingerprint density at radius 2 is 1.95 bits per heavy atom. The van der Waals surface area contributed by atoms with E-state index >= 15 is 0 Å². The predicted octanol–water partition coefficient (Wildman–Crippen LogP) is 2.97. The van der Waals surface area contributed by atoms with Gasteiger partial charge in [-0.1, -0.05) is 18.2 Å². The molecule has 1 heterocycles. The first-order chi connectivity index (χ1) is 9.11. The highest BCUT2D eigenvalue weighted by molar-refractivity contribution is 6.28. The Kier molecular flexibility index (Phi) is 3.97. The van der Waals surface area contributed by atoms with E-state index in [9.17, 15) is 4.79 Å². The predicted molar refractivity (Wildman–Crippen MR) is 72.8 cm³/mol. The number of aromatic nitrogens is 2. The molecule has 1 aromatic carbocycles. The molecule has 0 radical (unpaired) electrons. The van der Waals surface area contributed by atoms with Crippen LogP contribution in [0, 0.1) is 6.92 Å². The van der Waals surface area contributed by atoms with Crippen molar-refractivity contribution in [3.8, 4) is 0 Å². The van der Waals surface area contributed by atoms with Crippen molar-refractivity contribution in [1.29, 1.82) is 0 Å². The van der Waals surface area contributed by atoms with Gasteiger partial charge in [-0.3, -0.25) is 0 Å². The first-order valence-electron chi connectivity index (χ1n) is 5.56. The first kappa shape index (κ1) is 13.3. The average Bonchev–Trinajstić information content (AvgIpc) is 2.38. The third-order valence-corrected chi connectivity index (χ3v) is 2.66. The molecule has 2 rings (SSSR count). The van der Waals surface area contributed by atoms with Crippen LogP contribution < -0.4 is 5.32 Å². The third-order valence-electron chi connectivity index (χ3n) is 2.49. The van der Waals surface area contributed by atoms with E-state index in [-0.39, 0.29) is 10.8 Å². The number of methoxy groups -OCH3 is 1. The van der Waals surface area contributed by atoms with E-state index in [1.807, 2.05) is 30.3 Å². The third kappa shape index (κ3) is 3.00. The number of ether oxygens (including phenoxy) is 1. The lowest BCUT2D eigenvalue weighted by molar-refractivity contribution is 0.0600. The maximum absolute atomic E-state index is 11.8. The number of hydrogen-bond donors (Lipinski definition) is 1. The van der Waals surface area contributed by atoms with Crippen LogP contribution in [-0.4, -0.2) is 23.0 Å². The van der Waals surface area contributed by atoms with Crippen molar-refractivity contribution in [2.24, 2.45) is 0 Å². The quantitative estimate of drug-likeness (QED) is 0.690. The standard InChI is InChI=1S/C13H12ClN3O2/c1-8-10(12(18)19-2)11(17-13(14)15-8)16-9-6-4-3-5-7-9/h3-7H,1-2H3,(H,15,16,17). The lowest BCUT2D eigenvalue weighted by atomic mass is 10.2. The highest BCUT2D eigenvalue weighted by atomic mass is 35.5. The van der Waals surface area contributed by atoms with Crippen molar-refractivity contribution in [1.82, 2.24) is 9.97 Å². The molecule has 0 aliphatic rings. The maximum atomic E-state index is 11.8. The Bertz CT molecular complexity index is 602. The van der Waals surface area contributed by atoms with Gasteiger partial charge in [0.05, 0.1) is 12.8 Å². The zero-order valence-electron chi connectivity index (χ0n) is 10.5. The van der Waals surface area contributed by atoms with Crippen LogP contribution in [0.5, 0.6) is 0 Å². The summed E-state index contributed by atoms with van der Waals surface area (Å²) in [5, 5.41) is 3.11. The van der Waals surface area contributed by atoms with Gasteiger partial charge in [-0.2, -0.15) is 4.98 Å². The number of carbonyl (C=O) groups excluding carboxylic acids is 1. The molecule has 6 heteroatoms. The number of aryl methyl sites for hydroxylation is 1. The minimum Gasteiger partial charge on any atom is -0.465 e. The number of nitrogens with one attached hydrogen (secondary N) is 1. The molecule has 0 spiro atoms. The van der Waals surface area contributed by atoms with Crippen LogP contribution in [-0.2, 0) is 4.74 Å². The molecule has 0 fully saturated rings. The normalized spacial score (nSPS) is 10.1. The van der Waals surface area contributed by atoms with Crippen LogP contribution in [0.4, 0.5) is 11.5 Å². The molecule has 1 N–H and O–H groups in total. The summed E-state index contributed by atoms with van der Waals surface area (Å²) in [6.07, 6.45) is 0. The number of hydrogen-bond acceptors (Lipinski definition) is 5. The number of halogens is 1.